The molecule has 2 rings (SSSR count). The Hall–Kier alpha value is -1.59. The minimum Gasteiger partial charge on any atom is -0.493 e. The minimum atomic E-state index is 0.0141. The average Bonchev–Trinajstić information content (AvgIpc) is 2.53. The lowest BCUT2D eigenvalue weighted by Gasteiger charge is -2.22. The van der Waals surface area contributed by atoms with Crippen molar-refractivity contribution >= 4 is 11.6 Å². The average molecular weight is 292 g/mol. The fraction of sp³-hybridized carbons (Fsp3) is 0.562. The Bertz CT molecular complexity index is 428. The van der Waals surface area contributed by atoms with Gasteiger partial charge in [-0.1, -0.05) is 0 Å². The van der Waals surface area contributed by atoms with Crippen LogP contribution in [0, 0.1) is 5.92 Å². The summed E-state index contributed by atoms with van der Waals surface area (Å²) in [7, 11) is 1.83. The van der Waals surface area contributed by atoms with Gasteiger partial charge in [0.2, 0.25) is 5.91 Å². The van der Waals surface area contributed by atoms with E-state index in [4.69, 9.17) is 9.47 Å². The molecular formula is C16H24N2O3. The minimum absolute atomic E-state index is 0.0141. The molecule has 0 spiro atoms. The standard InChI is InChI=1S/C16H24N2O3/c1-17-9-6-16(19)18-14-2-4-15(5-3-14)21-12-13-7-10-20-11-8-13/h2-5,13,17H,6-12H2,1H3,(H,18,19). The van der Waals surface area contributed by atoms with Gasteiger partial charge in [-0.15, -0.1) is 0 Å². The van der Waals surface area contributed by atoms with Gasteiger partial charge in [-0.2, -0.15) is 0 Å². The van der Waals surface area contributed by atoms with E-state index in [-0.39, 0.29) is 5.91 Å². The van der Waals surface area contributed by atoms with Gasteiger partial charge in [-0.05, 0) is 50.1 Å². The molecule has 1 aromatic carbocycles. The van der Waals surface area contributed by atoms with E-state index in [1.165, 1.54) is 0 Å². The maximum absolute atomic E-state index is 11.6. The summed E-state index contributed by atoms with van der Waals surface area (Å²) >= 11 is 0. The third-order valence-electron chi connectivity index (χ3n) is 3.57. The number of amides is 1. The summed E-state index contributed by atoms with van der Waals surface area (Å²) in [6, 6.07) is 7.53. The molecule has 0 aliphatic carbocycles. The number of carbonyl (C=O) groups excluding carboxylic acids is 1. The Labute approximate surface area is 126 Å². The summed E-state index contributed by atoms with van der Waals surface area (Å²) < 4.78 is 11.1. The molecule has 1 heterocycles. The summed E-state index contributed by atoms with van der Waals surface area (Å²) in [4.78, 5) is 11.6. The zero-order valence-electron chi connectivity index (χ0n) is 12.6. The monoisotopic (exact) mass is 292 g/mol. The molecule has 1 aromatic rings. The van der Waals surface area contributed by atoms with E-state index in [0.29, 0.717) is 18.9 Å². The van der Waals surface area contributed by atoms with E-state index in [1.807, 2.05) is 31.3 Å². The van der Waals surface area contributed by atoms with Crippen molar-refractivity contribution in [2.75, 3.05) is 38.7 Å². The number of nitrogens with one attached hydrogen (secondary N) is 2. The second-order valence-electron chi connectivity index (χ2n) is 5.29. The van der Waals surface area contributed by atoms with E-state index in [1.54, 1.807) is 0 Å². The largest absolute Gasteiger partial charge is 0.493 e. The highest BCUT2D eigenvalue weighted by molar-refractivity contribution is 5.90. The van der Waals surface area contributed by atoms with E-state index >= 15 is 0 Å². The number of hydrogen-bond acceptors (Lipinski definition) is 4. The fourth-order valence-corrected chi connectivity index (χ4v) is 2.22. The first-order valence-electron chi connectivity index (χ1n) is 7.53. The number of hydrogen-bond donors (Lipinski definition) is 2. The molecule has 116 valence electrons. The maximum atomic E-state index is 11.6. The van der Waals surface area contributed by atoms with Crippen molar-refractivity contribution in [3.8, 4) is 5.75 Å². The van der Waals surface area contributed by atoms with Crippen LogP contribution in [0.15, 0.2) is 24.3 Å². The van der Waals surface area contributed by atoms with Gasteiger partial charge in [0.1, 0.15) is 5.75 Å². The molecule has 5 heteroatoms. The van der Waals surface area contributed by atoms with Crippen LogP contribution in [0.2, 0.25) is 0 Å². The predicted octanol–water partition coefficient (Wildman–Crippen LogP) is 2.04. The number of benzene rings is 1. The summed E-state index contributed by atoms with van der Waals surface area (Å²) in [6.07, 6.45) is 2.61. The Morgan fingerprint density at radius 1 is 1.29 bits per heavy atom. The molecule has 0 radical (unpaired) electrons. The lowest BCUT2D eigenvalue weighted by Crippen LogP contribution is -2.21. The highest BCUT2D eigenvalue weighted by Gasteiger charge is 2.14. The van der Waals surface area contributed by atoms with Crippen molar-refractivity contribution in [1.82, 2.24) is 5.32 Å². The number of rotatable bonds is 7. The Balaban J connectivity index is 1.74. The molecule has 1 aliphatic rings. The van der Waals surface area contributed by atoms with Gasteiger partial charge in [0, 0.05) is 31.9 Å². The van der Waals surface area contributed by atoms with Crippen LogP contribution in [0.25, 0.3) is 0 Å². The normalized spacial score (nSPS) is 15.7. The lowest BCUT2D eigenvalue weighted by molar-refractivity contribution is -0.116. The summed E-state index contributed by atoms with van der Waals surface area (Å²) in [5, 5.41) is 5.81. The topological polar surface area (TPSA) is 59.6 Å². The van der Waals surface area contributed by atoms with E-state index in [0.717, 1.165) is 44.1 Å². The molecule has 0 unspecified atom stereocenters. The third-order valence-corrected chi connectivity index (χ3v) is 3.57. The Morgan fingerprint density at radius 3 is 2.67 bits per heavy atom. The van der Waals surface area contributed by atoms with Crippen molar-refractivity contribution in [1.29, 1.82) is 0 Å². The summed E-state index contributed by atoms with van der Waals surface area (Å²) in [5.41, 5.74) is 0.800. The SMILES string of the molecule is CNCCC(=O)Nc1ccc(OCC2CCOCC2)cc1. The Morgan fingerprint density at radius 2 is 2.00 bits per heavy atom. The second-order valence-corrected chi connectivity index (χ2v) is 5.29. The zero-order valence-corrected chi connectivity index (χ0v) is 12.6. The van der Waals surface area contributed by atoms with E-state index < -0.39 is 0 Å². The van der Waals surface area contributed by atoms with Crippen LogP contribution in [0.1, 0.15) is 19.3 Å². The molecule has 1 saturated heterocycles. The van der Waals surface area contributed by atoms with E-state index in [9.17, 15) is 4.79 Å². The van der Waals surface area contributed by atoms with Crippen LogP contribution >= 0.6 is 0 Å². The van der Waals surface area contributed by atoms with Crippen molar-refractivity contribution in [3.05, 3.63) is 24.3 Å². The van der Waals surface area contributed by atoms with Crippen LogP contribution in [0.5, 0.6) is 5.75 Å². The van der Waals surface area contributed by atoms with Gasteiger partial charge < -0.3 is 20.1 Å². The van der Waals surface area contributed by atoms with E-state index in [2.05, 4.69) is 10.6 Å². The first-order valence-corrected chi connectivity index (χ1v) is 7.53. The number of ether oxygens (including phenoxy) is 2. The lowest BCUT2D eigenvalue weighted by atomic mass is 10.0. The third kappa shape index (κ3) is 5.73. The van der Waals surface area contributed by atoms with Gasteiger partial charge in [0.15, 0.2) is 0 Å². The smallest absolute Gasteiger partial charge is 0.225 e. The molecule has 1 fully saturated rings. The van der Waals surface area contributed by atoms with Crippen LogP contribution in [0.4, 0.5) is 5.69 Å². The van der Waals surface area contributed by atoms with Crippen molar-refractivity contribution in [3.63, 3.8) is 0 Å². The molecular weight excluding hydrogens is 268 g/mol. The molecule has 0 bridgehead atoms. The highest BCUT2D eigenvalue weighted by atomic mass is 16.5. The summed E-state index contributed by atoms with van der Waals surface area (Å²) in [6.45, 7) is 3.09. The molecule has 1 amide bonds. The van der Waals surface area contributed by atoms with Crippen molar-refractivity contribution < 1.29 is 14.3 Å². The van der Waals surface area contributed by atoms with Crippen molar-refractivity contribution in [2.45, 2.75) is 19.3 Å². The molecule has 2 N–H and O–H groups in total. The van der Waals surface area contributed by atoms with Gasteiger partial charge in [-0.25, -0.2) is 0 Å². The van der Waals surface area contributed by atoms with Gasteiger partial charge in [0.05, 0.1) is 6.61 Å². The van der Waals surface area contributed by atoms with Crippen LogP contribution < -0.4 is 15.4 Å². The molecule has 5 nitrogen and oxygen atoms in total. The zero-order chi connectivity index (χ0) is 14.9. The van der Waals surface area contributed by atoms with Gasteiger partial charge in [-0.3, -0.25) is 4.79 Å². The van der Waals surface area contributed by atoms with Crippen LogP contribution in [-0.2, 0) is 9.53 Å². The molecule has 21 heavy (non-hydrogen) atoms. The molecule has 1 aliphatic heterocycles. The first-order chi connectivity index (χ1) is 10.3. The maximum Gasteiger partial charge on any atom is 0.225 e. The number of anilines is 1. The van der Waals surface area contributed by atoms with Crippen LogP contribution in [0.3, 0.4) is 0 Å². The second kappa shape index (κ2) is 8.64. The number of carbonyl (C=O) groups is 1. The molecule has 0 atom stereocenters. The van der Waals surface area contributed by atoms with Gasteiger partial charge in [0.25, 0.3) is 0 Å². The summed E-state index contributed by atoms with van der Waals surface area (Å²) in [5.74, 6) is 1.44. The molecule has 0 saturated carbocycles. The predicted molar refractivity (Wildman–Crippen MR) is 82.7 cm³/mol. The van der Waals surface area contributed by atoms with Crippen molar-refractivity contribution in [2.24, 2.45) is 5.92 Å². The first kappa shape index (κ1) is 15.8. The van der Waals surface area contributed by atoms with Gasteiger partial charge >= 0.3 is 0 Å². The Kier molecular flexibility index (Phi) is 6.50. The van der Waals surface area contributed by atoms with Crippen LogP contribution in [-0.4, -0.2) is 39.3 Å². The highest BCUT2D eigenvalue weighted by Crippen LogP contribution is 2.19. The molecule has 0 aromatic heterocycles. The fourth-order valence-electron chi connectivity index (χ4n) is 2.22. The quantitative estimate of drug-likeness (QED) is 0.807.